The molecule has 0 saturated carbocycles. The van der Waals surface area contributed by atoms with Crippen molar-refractivity contribution in [2.24, 2.45) is 5.92 Å². The van der Waals surface area contributed by atoms with Crippen LogP contribution in [0.15, 0.2) is 24.3 Å². The number of phenolic OH excluding ortho intramolecular Hbond substituents is 1. The van der Waals surface area contributed by atoms with Crippen LogP contribution in [0.4, 0.5) is 0 Å². The van der Waals surface area contributed by atoms with E-state index in [2.05, 4.69) is 10.2 Å². The summed E-state index contributed by atoms with van der Waals surface area (Å²) >= 11 is 0. The van der Waals surface area contributed by atoms with E-state index in [4.69, 9.17) is 0 Å². The van der Waals surface area contributed by atoms with E-state index in [1.807, 2.05) is 10.6 Å². The van der Waals surface area contributed by atoms with Gasteiger partial charge in [0.05, 0.1) is 0 Å². The summed E-state index contributed by atoms with van der Waals surface area (Å²) in [6.07, 6.45) is 1.80. The van der Waals surface area contributed by atoms with Crippen molar-refractivity contribution in [3.63, 3.8) is 0 Å². The standard InChI is InChI=1S/C13H15N3O2/c17-8-9-4-5-12-14-15-13(16(12)7-9)10-2-1-3-11(18)6-10/h1-3,6,9,17-18H,4-5,7-8H2. The lowest BCUT2D eigenvalue weighted by atomic mass is 10.00. The summed E-state index contributed by atoms with van der Waals surface area (Å²) in [5.74, 6) is 2.21. The number of hydrogen-bond acceptors (Lipinski definition) is 4. The van der Waals surface area contributed by atoms with Gasteiger partial charge in [0.15, 0.2) is 5.82 Å². The maximum absolute atomic E-state index is 9.52. The predicted molar refractivity (Wildman–Crippen MR) is 66.0 cm³/mol. The first-order chi connectivity index (χ1) is 8.78. The fourth-order valence-corrected chi connectivity index (χ4v) is 2.40. The summed E-state index contributed by atoms with van der Waals surface area (Å²) in [7, 11) is 0. The summed E-state index contributed by atoms with van der Waals surface area (Å²) in [6.45, 7) is 0.931. The van der Waals surface area contributed by atoms with Gasteiger partial charge in [0.2, 0.25) is 0 Å². The number of aromatic nitrogens is 3. The van der Waals surface area contributed by atoms with Gasteiger partial charge < -0.3 is 14.8 Å². The average Bonchev–Trinajstić information content (AvgIpc) is 2.81. The summed E-state index contributed by atoms with van der Waals surface area (Å²) in [5, 5.41) is 27.2. The Balaban J connectivity index is 2.02. The zero-order valence-electron chi connectivity index (χ0n) is 9.95. The minimum absolute atomic E-state index is 0.192. The van der Waals surface area contributed by atoms with Crippen molar-refractivity contribution < 1.29 is 10.2 Å². The maximum Gasteiger partial charge on any atom is 0.164 e. The Morgan fingerprint density at radius 1 is 1.33 bits per heavy atom. The number of aryl methyl sites for hydroxylation is 1. The quantitative estimate of drug-likeness (QED) is 0.834. The van der Waals surface area contributed by atoms with Crippen molar-refractivity contribution >= 4 is 0 Å². The molecule has 0 amide bonds. The number of benzene rings is 1. The van der Waals surface area contributed by atoms with E-state index >= 15 is 0 Å². The van der Waals surface area contributed by atoms with Crippen LogP contribution in [0.1, 0.15) is 12.2 Å². The lowest BCUT2D eigenvalue weighted by Gasteiger charge is -2.22. The second kappa shape index (κ2) is 4.42. The number of rotatable bonds is 2. The Labute approximate surface area is 105 Å². The Morgan fingerprint density at radius 2 is 2.22 bits per heavy atom. The SMILES string of the molecule is OCC1CCc2nnc(-c3cccc(O)c3)n2C1. The Hall–Kier alpha value is -1.88. The highest BCUT2D eigenvalue weighted by Crippen LogP contribution is 2.27. The number of phenols is 1. The molecule has 5 nitrogen and oxygen atoms in total. The van der Waals surface area contributed by atoms with E-state index in [0.717, 1.165) is 36.6 Å². The van der Waals surface area contributed by atoms with E-state index in [0.29, 0.717) is 0 Å². The smallest absolute Gasteiger partial charge is 0.164 e. The Bertz CT molecular complexity index is 565. The monoisotopic (exact) mass is 245 g/mol. The second-order valence-electron chi connectivity index (χ2n) is 4.69. The molecule has 1 unspecified atom stereocenters. The zero-order chi connectivity index (χ0) is 12.5. The molecule has 18 heavy (non-hydrogen) atoms. The van der Waals surface area contributed by atoms with E-state index in [-0.39, 0.29) is 18.3 Å². The predicted octanol–water partition coefficient (Wildman–Crippen LogP) is 1.21. The van der Waals surface area contributed by atoms with Gasteiger partial charge in [-0.25, -0.2) is 0 Å². The minimum atomic E-state index is 0.192. The molecule has 1 aliphatic rings. The van der Waals surface area contributed by atoms with Crippen LogP contribution >= 0.6 is 0 Å². The molecular formula is C13H15N3O2. The average molecular weight is 245 g/mol. The summed E-state index contributed by atoms with van der Waals surface area (Å²) < 4.78 is 2.04. The van der Waals surface area contributed by atoms with Crippen LogP contribution in [0.25, 0.3) is 11.4 Å². The number of aliphatic hydroxyl groups is 1. The van der Waals surface area contributed by atoms with E-state index in [1.165, 1.54) is 0 Å². The van der Waals surface area contributed by atoms with E-state index in [1.54, 1.807) is 18.2 Å². The van der Waals surface area contributed by atoms with Gasteiger partial charge in [-0.1, -0.05) is 12.1 Å². The number of fused-ring (bicyclic) bond motifs is 1. The first-order valence-electron chi connectivity index (χ1n) is 6.10. The van der Waals surface area contributed by atoms with E-state index in [9.17, 15) is 10.2 Å². The topological polar surface area (TPSA) is 71.2 Å². The summed E-state index contributed by atoms with van der Waals surface area (Å²) in [5.41, 5.74) is 0.854. The molecule has 94 valence electrons. The van der Waals surface area contributed by atoms with Crippen LogP contribution < -0.4 is 0 Å². The third-order valence-electron chi connectivity index (χ3n) is 3.41. The highest BCUT2D eigenvalue weighted by molar-refractivity contribution is 5.57. The third kappa shape index (κ3) is 1.86. The molecule has 1 atom stereocenters. The van der Waals surface area contributed by atoms with Gasteiger partial charge in [0.25, 0.3) is 0 Å². The third-order valence-corrected chi connectivity index (χ3v) is 3.41. The largest absolute Gasteiger partial charge is 0.508 e. The van der Waals surface area contributed by atoms with Gasteiger partial charge in [0, 0.05) is 31.1 Å². The molecule has 0 spiro atoms. The molecular weight excluding hydrogens is 230 g/mol. The van der Waals surface area contributed by atoms with Gasteiger partial charge in [0.1, 0.15) is 11.6 Å². The fourth-order valence-electron chi connectivity index (χ4n) is 2.40. The highest BCUT2D eigenvalue weighted by atomic mass is 16.3. The van der Waals surface area contributed by atoms with E-state index < -0.39 is 0 Å². The molecule has 2 aromatic rings. The zero-order valence-corrected chi connectivity index (χ0v) is 9.95. The molecule has 0 fully saturated rings. The first kappa shape index (κ1) is 11.2. The highest BCUT2D eigenvalue weighted by Gasteiger charge is 2.22. The minimum Gasteiger partial charge on any atom is -0.508 e. The van der Waals surface area contributed by atoms with Gasteiger partial charge in [-0.3, -0.25) is 0 Å². The second-order valence-corrected chi connectivity index (χ2v) is 4.69. The Morgan fingerprint density at radius 3 is 3.00 bits per heavy atom. The molecule has 0 aliphatic carbocycles. The molecule has 1 aromatic heterocycles. The van der Waals surface area contributed by atoms with Gasteiger partial charge >= 0.3 is 0 Å². The summed E-state index contributed by atoms with van der Waals surface area (Å²) in [4.78, 5) is 0. The molecule has 0 radical (unpaired) electrons. The molecule has 1 aliphatic heterocycles. The van der Waals surface area contributed by atoms with Crippen LogP contribution in [0.5, 0.6) is 5.75 Å². The van der Waals surface area contributed by atoms with Crippen molar-refractivity contribution in [3.05, 3.63) is 30.1 Å². The number of hydrogen-bond donors (Lipinski definition) is 2. The molecule has 5 heteroatoms. The van der Waals surface area contributed by atoms with Gasteiger partial charge in [-0.05, 0) is 18.6 Å². The summed E-state index contributed by atoms with van der Waals surface area (Å²) in [6, 6.07) is 7.01. The maximum atomic E-state index is 9.52. The van der Waals surface area contributed by atoms with Crippen molar-refractivity contribution in [3.8, 4) is 17.1 Å². The molecule has 2 heterocycles. The number of nitrogens with zero attached hydrogens (tertiary/aromatic N) is 3. The van der Waals surface area contributed by atoms with Crippen LogP contribution in [-0.4, -0.2) is 31.6 Å². The van der Waals surface area contributed by atoms with Crippen LogP contribution in [0.2, 0.25) is 0 Å². The van der Waals surface area contributed by atoms with Gasteiger partial charge in [-0.2, -0.15) is 0 Å². The lowest BCUT2D eigenvalue weighted by Crippen LogP contribution is -2.23. The van der Waals surface area contributed by atoms with Crippen LogP contribution in [-0.2, 0) is 13.0 Å². The molecule has 2 N–H and O–H groups in total. The van der Waals surface area contributed by atoms with Crippen LogP contribution in [0.3, 0.4) is 0 Å². The fraction of sp³-hybridized carbons (Fsp3) is 0.385. The van der Waals surface area contributed by atoms with Crippen molar-refractivity contribution in [2.45, 2.75) is 19.4 Å². The van der Waals surface area contributed by atoms with Crippen LogP contribution in [0, 0.1) is 5.92 Å². The molecule has 0 saturated heterocycles. The molecule has 0 bridgehead atoms. The lowest BCUT2D eigenvalue weighted by molar-refractivity contribution is 0.191. The molecule has 1 aromatic carbocycles. The normalized spacial score (nSPS) is 18.6. The first-order valence-corrected chi connectivity index (χ1v) is 6.10. The Kier molecular flexibility index (Phi) is 2.76. The van der Waals surface area contributed by atoms with Gasteiger partial charge in [-0.15, -0.1) is 10.2 Å². The molecule has 3 rings (SSSR count). The van der Waals surface area contributed by atoms with Crippen molar-refractivity contribution in [1.29, 1.82) is 0 Å². The number of aliphatic hydroxyl groups excluding tert-OH is 1. The number of aromatic hydroxyl groups is 1. The van der Waals surface area contributed by atoms with Crippen molar-refractivity contribution in [2.75, 3.05) is 6.61 Å². The van der Waals surface area contributed by atoms with Crippen molar-refractivity contribution in [1.82, 2.24) is 14.8 Å².